The molecule has 24 heavy (non-hydrogen) atoms. The van der Waals surface area contributed by atoms with Crippen molar-refractivity contribution in [3.05, 3.63) is 42.3 Å². The van der Waals surface area contributed by atoms with Gasteiger partial charge in [-0.2, -0.15) is 0 Å². The van der Waals surface area contributed by atoms with Crippen molar-refractivity contribution in [2.24, 2.45) is 0 Å². The van der Waals surface area contributed by atoms with Gasteiger partial charge in [-0.3, -0.25) is 13.8 Å². The fraction of sp³-hybridized carbons (Fsp3) is 0.312. The topological polar surface area (TPSA) is 92.5 Å². The molecule has 2 amide bonds. The molecule has 0 spiro atoms. The number of oxazole rings is 1. The maximum Gasteiger partial charge on any atom is 0.251 e. The minimum atomic E-state index is -0.829. The predicted octanol–water partition coefficient (Wildman–Crippen LogP) is 0.662. The van der Waals surface area contributed by atoms with Gasteiger partial charge in [0.15, 0.2) is 0 Å². The number of hydrogen-bond donors (Lipinski definition) is 1. The van der Waals surface area contributed by atoms with Crippen molar-refractivity contribution in [2.45, 2.75) is 0 Å². The lowest BCUT2D eigenvalue weighted by atomic mass is 10.1. The van der Waals surface area contributed by atoms with Crippen LogP contribution >= 0.6 is 0 Å². The lowest BCUT2D eigenvalue weighted by molar-refractivity contribution is -0.129. The molecule has 1 saturated heterocycles. The largest absolute Gasteiger partial charge is 0.445 e. The Kier molecular flexibility index (Phi) is 5.05. The zero-order valence-corrected chi connectivity index (χ0v) is 13.8. The highest BCUT2D eigenvalue weighted by Gasteiger charge is 2.20. The van der Waals surface area contributed by atoms with Crippen LogP contribution in [0.15, 0.2) is 41.1 Å². The van der Waals surface area contributed by atoms with Gasteiger partial charge in [-0.1, -0.05) is 0 Å². The van der Waals surface area contributed by atoms with Gasteiger partial charge in [0.25, 0.3) is 5.91 Å². The van der Waals surface area contributed by atoms with E-state index >= 15 is 0 Å². The fourth-order valence-electron chi connectivity index (χ4n) is 2.39. The molecule has 0 unspecified atom stereocenters. The Labute approximate surface area is 141 Å². The number of rotatable bonds is 4. The molecule has 1 aromatic heterocycles. The molecule has 2 aromatic rings. The zero-order chi connectivity index (χ0) is 16.9. The predicted molar refractivity (Wildman–Crippen MR) is 88.7 cm³/mol. The Hall–Kier alpha value is -2.48. The van der Waals surface area contributed by atoms with Gasteiger partial charge < -0.3 is 14.6 Å². The Morgan fingerprint density at radius 3 is 2.54 bits per heavy atom. The average molecular weight is 347 g/mol. The van der Waals surface area contributed by atoms with Crippen LogP contribution in [0.4, 0.5) is 0 Å². The van der Waals surface area contributed by atoms with Crippen molar-refractivity contribution in [1.82, 2.24) is 15.2 Å². The lowest BCUT2D eigenvalue weighted by Crippen LogP contribution is -2.46. The van der Waals surface area contributed by atoms with Gasteiger partial charge in [0.1, 0.15) is 6.26 Å². The number of amides is 2. The van der Waals surface area contributed by atoms with Crippen molar-refractivity contribution >= 4 is 22.6 Å². The van der Waals surface area contributed by atoms with Gasteiger partial charge in [0.2, 0.25) is 11.8 Å². The second-order valence-electron chi connectivity index (χ2n) is 5.33. The maximum absolute atomic E-state index is 12.1. The van der Waals surface area contributed by atoms with Gasteiger partial charge in [-0.25, -0.2) is 4.98 Å². The molecule has 1 aliphatic heterocycles. The van der Waals surface area contributed by atoms with E-state index in [1.54, 1.807) is 35.4 Å². The number of nitrogens with one attached hydrogen (secondary N) is 1. The first-order valence-electron chi connectivity index (χ1n) is 7.54. The summed E-state index contributed by atoms with van der Waals surface area (Å²) in [5, 5.41) is 2.62. The van der Waals surface area contributed by atoms with Crippen LogP contribution in [0.5, 0.6) is 0 Å². The van der Waals surface area contributed by atoms with Crippen molar-refractivity contribution in [2.75, 3.05) is 31.1 Å². The third-order valence-corrected chi connectivity index (χ3v) is 5.03. The molecule has 0 atom stereocenters. The quantitative estimate of drug-likeness (QED) is 0.877. The highest BCUT2D eigenvalue weighted by atomic mass is 32.2. The highest BCUT2D eigenvalue weighted by Crippen LogP contribution is 2.17. The van der Waals surface area contributed by atoms with E-state index in [9.17, 15) is 13.8 Å². The number of carbonyl (C=O) groups excluding carboxylic acids is 2. The summed E-state index contributed by atoms with van der Waals surface area (Å²) < 4.78 is 16.5. The molecule has 126 valence electrons. The van der Waals surface area contributed by atoms with Crippen molar-refractivity contribution in [1.29, 1.82) is 0 Å². The van der Waals surface area contributed by atoms with Crippen LogP contribution in [0.3, 0.4) is 0 Å². The Bertz CT molecular complexity index is 733. The summed E-state index contributed by atoms with van der Waals surface area (Å²) in [6.45, 7) is 0.894. The highest BCUT2D eigenvalue weighted by molar-refractivity contribution is 7.85. The monoisotopic (exact) mass is 347 g/mol. The third-order valence-electron chi connectivity index (χ3n) is 3.76. The minimum absolute atomic E-state index is 0.0625. The first-order valence-corrected chi connectivity index (χ1v) is 9.03. The van der Waals surface area contributed by atoms with E-state index in [0.717, 1.165) is 5.56 Å². The van der Waals surface area contributed by atoms with Crippen molar-refractivity contribution < 1.29 is 18.2 Å². The number of aromatic nitrogens is 1. The van der Waals surface area contributed by atoms with Gasteiger partial charge in [0, 0.05) is 46.5 Å². The number of hydrogen-bond acceptors (Lipinski definition) is 5. The second-order valence-corrected chi connectivity index (χ2v) is 7.02. The average Bonchev–Trinajstić information content (AvgIpc) is 3.15. The molecule has 1 aliphatic rings. The second kappa shape index (κ2) is 7.39. The zero-order valence-electron chi connectivity index (χ0n) is 12.9. The Morgan fingerprint density at radius 1 is 1.21 bits per heavy atom. The van der Waals surface area contributed by atoms with Gasteiger partial charge >= 0.3 is 0 Å². The van der Waals surface area contributed by atoms with Gasteiger partial charge in [-0.15, -0.1) is 0 Å². The van der Waals surface area contributed by atoms with E-state index in [2.05, 4.69) is 10.3 Å². The number of nitrogens with zero attached hydrogens (tertiary/aromatic N) is 2. The van der Waals surface area contributed by atoms with Crippen molar-refractivity contribution in [3.8, 4) is 11.5 Å². The minimum Gasteiger partial charge on any atom is -0.445 e. The third kappa shape index (κ3) is 3.88. The molecule has 2 heterocycles. The van der Waals surface area contributed by atoms with Crippen molar-refractivity contribution in [3.63, 3.8) is 0 Å². The molecule has 1 fully saturated rings. The molecule has 8 heteroatoms. The number of carbonyl (C=O) groups is 2. The maximum atomic E-state index is 12.1. The van der Waals surface area contributed by atoms with Crippen LogP contribution in [0.2, 0.25) is 0 Å². The molecule has 0 bridgehead atoms. The lowest BCUT2D eigenvalue weighted by Gasteiger charge is -2.26. The molecule has 3 rings (SSSR count). The smallest absolute Gasteiger partial charge is 0.251 e. The van der Waals surface area contributed by atoms with Crippen LogP contribution in [-0.4, -0.2) is 57.0 Å². The standard InChI is InChI=1S/C16H17N3O4S/c20-14(19-6-9-24(22)10-7-19)11-18-15(21)12-1-3-13(4-2-12)16-17-5-8-23-16/h1-5,8H,6-7,9-11H2,(H,18,21). The summed E-state index contributed by atoms with van der Waals surface area (Å²) in [6.07, 6.45) is 3.04. The van der Waals surface area contributed by atoms with Crippen LogP contribution in [-0.2, 0) is 15.6 Å². The summed E-state index contributed by atoms with van der Waals surface area (Å²) in [5.41, 5.74) is 1.23. The molecule has 0 saturated carbocycles. The molecular weight excluding hydrogens is 330 g/mol. The van der Waals surface area contributed by atoms with E-state index in [1.165, 1.54) is 6.26 Å². The normalized spacial score (nSPS) is 15.2. The van der Waals surface area contributed by atoms with Gasteiger partial charge in [-0.05, 0) is 24.3 Å². The summed E-state index contributed by atoms with van der Waals surface area (Å²) in [6, 6.07) is 6.79. The van der Waals surface area contributed by atoms with E-state index < -0.39 is 10.8 Å². The van der Waals surface area contributed by atoms with Crippen LogP contribution in [0.1, 0.15) is 10.4 Å². The Balaban J connectivity index is 1.53. The summed E-state index contributed by atoms with van der Waals surface area (Å²) in [4.78, 5) is 29.8. The van der Waals surface area contributed by atoms with E-state index in [1.807, 2.05) is 0 Å². The van der Waals surface area contributed by atoms with E-state index in [0.29, 0.717) is 36.0 Å². The molecular formula is C16H17N3O4S. The van der Waals surface area contributed by atoms with E-state index in [4.69, 9.17) is 4.42 Å². The van der Waals surface area contributed by atoms with E-state index in [-0.39, 0.29) is 18.4 Å². The molecule has 0 aliphatic carbocycles. The summed E-state index contributed by atoms with van der Waals surface area (Å²) >= 11 is 0. The van der Waals surface area contributed by atoms with Crippen LogP contribution < -0.4 is 5.32 Å². The van der Waals surface area contributed by atoms with Crippen LogP contribution in [0.25, 0.3) is 11.5 Å². The first-order chi connectivity index (χ1) is 11.6. The SMILES string of the molecule is O=C(NCC(=O)N1CCS(=O)CC1)c1ccc(-c2ncco2)cc1. The summed E-state index contributed by atoms with van der Waals surface area (Å²) in [7, 11) is -0.829. The molecule has 0 radical (unpaired) electrons. The fourth-order valence-corrected chi connectivity index (χ4v) is 3.44. The molecule has 1 aromatic carbocycles. The number of benzene rings is 1. The molecule has 7 nitrogen and oxygen atoms in total. The Morgan fingerprint density at radius 2 is 1.92 bits per heavy atom. The summed E-state index contributed by atoms with van der Waals surface area (Å²) in [5.74, 6) is 1.02. The molecule has 1 N–H and O–H groups in total. The first kappa shape index (κ1) is 16.4. The van der Waals surface area contributed by atoms with Crippen LogP contribution in [0, 0.1) is 0 Å². The van der Waals surface area contributed by atoms with Gasteiger partial charge in [0.05, 0.1) is 12.7 Å².